The lowest BCUT2D eigenvalue weighted by molar-refractivity contribution is -0.134. The van der Waals surface area contributed by atoms with E-state index in [1.807, 2.05) is 57.3 Å². The zero-order valence-corrected chi connectivity index (χ0v) is 22.6. The predicted molar refractivity (Wildman–Crippen MR) is 148 cm³/mol. The molecule has 1 unspecified atom stereocenters. The number of benzene rings is 2. The molecule has 194 valence electrons. The predicted octanol–water partition coefficient (Wildman–Crippen LogP) is 6.17. The van der Waals surface area contributed by atoms with E-state index in [9.17, 15) is 9.18 Å². The number of aromatic nitrogens is 2. The summed E-state index contributed by atoms with van der Waals surface area (Å²) in [5.41, 5.74) is 2.72. The molecule has 4 rings (SSSR count). The average molecular weight is 542 g/mol. The van der Waals surface area contributed by atoms with Crippen LogP contribution in [-0.2, 0) is 9.59 Å². The molecule has 37 heavy (non-hydrogen) atoms. The van der Waals surface area contributed by atoms with Crippen LogP contribution in [-0.4, -0.2) is 48.6 Å². The van der Waals surface area contributed by atoms with Crippen LogP contribution in [0.3, 0.4) is 0 Å². The Hall–Kier alpha value is -3.50. The highest BCUT2D eigenvalue weighted by Crippen LogP contribution is 2.36. The second kappa shape index (κ2) is 12.6. The Labute approximate surface area is 224 Å². The molecule has 1 aliphatic rings. The summed E-state index contributed by atoms with van der Waals surface area (Å²) in [7, 11) is 0. The van der Waals surface area contributed by atoms with E-state index in [-0.39, 0.29) is 17.7 Å². The molecule has 3 aromatic rings. The fraction of sp³-hybridized carbons (Fsp3) is 0.259. The van der Waals surface area contributed by atoms with E-state index in [1.54, 1.807) is 27.8 Å². The number of carboxylic acid groups (broad SMARTS) is 1. The van der Waals surface area contributed by atoms with Crippen LogP contribution >= 0.6 is 24.0 Å². The summed E-state index contributed by atoms with van der Waals surface area (Å²) in [5, 5.41) is 12.1. The minimum Gasteiger partial charge on any atom is -0.491 e. The van der Waals surface area contributed by atoms with Crippen LogP contribution in [0, 0.1) is 5.82 Å². The number of rotatable bonds is 7. The molecule has 0 saturated carbocycles. The minimum atomic E-state index is -0.833. The number of carbonyl (C=O) groups excluding carboxylic acids is 1. The van der Waals surface area contributed by atoms with Crippen molar-refractivity contribution in [3.8, 4) is 22.7 Å². The zero-order chi connectivity index (χ0) is 27.1. The first-order valence-corrected chi connectivity index (χ1v) is 12.9. The van der Waals surface area contributed by atoms with Crippen molar-refractivity contribution < 1.29 is 23.8 Å². The van der Waals surface area contributed by atoms with E-state index in [0.717, 1.165) is 19.0 Å². The van der Waals surface area contributed by atoms with Gasteiger partial charge in [0, 0.05) is 30.3 Å². The lowest BCUT2D eigenvalue weighted by Crippen LogP contribution is -2.36. The minimum absolute atomic E-state index is 0.0233. The number of hydrogen-bond donors (Lipinski definition) is 1. The first kappa shape index (κ1) is 28.1. The quantitative estimate of drug-likeness (QED) is 0.283. The molecule has 0 radical (unpaired) electrons. The normalized spacial score (nSPS) is 14.9. The van der Waals surface area contributed by atoms with Crippen molar-refractivity contribution in [3.05, 3.63) is 71.0 Å². The molecule has 1 saturated heterocycles. The Balaban J connectivity index is 0.000000886. The number of halogens is 1. The molecule has 7 nitrogen and oxygen atoms in total. The number of aliphatic carboxylic acids is 1. The van der Waals surface area contributed by atoms with E-state index in [1.165, 1.54) is 17.8 Å². The summed E-state index contributed by atoms with van der Waals surface area (Å²) in [6.45, 7) is 7.27. The summed E-state index contributed by atoms with van der Waals surface area (Å²) in [6.07, 6.45) is 4.44. The number of hydrogen-bond acceptors (Lipinski definition) is 6. The molecule has 0 aliphatic carbocycles. The molecule has 0 spiro atoms. The Morgan fingerprint density at radius 2 is 1.92 bits per heavy atom. The number of thiocarbonyl (C=S) groups is 1. The number of carboxylic acids is 1. The molecule has 1 aliphatic heterocycles. The molecular weight excluding hydrogens is 513 g/mol. The number of nitrogens with zero attached hydrogens (tertiary/aromatic N) is 3. The van der Waals surface area contributed by atoms with Gasteiger partial charge in [-0.15, -0.1) is 0 Å². The number of carbonyl (C=O) groups is 2. The highest BCUT2D eigenvalue weighted by Gasteiger charge is 2.35. The van der Waals surface area contributed by atoms with Crippen molar-refractivity contribution >= 4 is 46.3 Å². The van der Waals surface area contributed by atoms with Gasteiger partial charge in [0.2, 0.25) is 0 Å². The maximum Gasteiger partial charge on any atom is 0.300 e. The van der Waals surface area contributed by atoms with Gasteiger partial charge in [0.15, 0.2) is 11.6 Å². The molecule has 1 N–H and O–H groups in total. The van der Waals surface area contributed by atoms with Crippen molar-refractivity contribution in [3.63, 3.8) is 0 Å². The SMILES string of the molecule is CC(=O)O.CCOc1ccc(-c2nn(-c3ccccc3)cc2/C=C2/SC(=S)N(C(C)CC)C2=O)cc1F. The van der Waals surface area contributed by atoms with Gasteiger partial charge in [-0.05, 0) is 56.7 Å². The average Bonchev–Trinajstić information content (AvgIpc) is 3.40. The highest BCUT2D eigenvalue weighted by molar-refractivity contribution is 8.26. The number of ether oxygens (including phenoxy) is 1. The monoisotopic (exact) mass is 541 g/mol. The van der Waals surface area contributed by atoms with Crippen LogP contribution in [0.5, 0.6) is 5.75 Å². The van der Waals surface area contributed by atoms with Crippen molar-refractivity contribution in [1.82, 2.24) is 14.7 Å². The van der Waals surface area contributed by atoms with E-state index in [0.29, 0.717) is 32.7 Å². The van der Waals surface area contributed by atoms with Crippen molar-refractivity contribution in [2.45, 2.75) is 40.2 Å². The topological polar surface area (TPSA) is 84.7 Å². The maximum atomic E-state index is 14.6. The number of para-hydroxylation sites is 1. The van der Waals surface area contributed by atoms with Gasteiger partial charge in [0.05, 0.1) is 17.2 Å². The van der Waals surface area contributed by atoms with E-state index in [2.05, 4.69) is 0 Å². The standard InChI is InChI=1S/C25H24FN3O2S2.C2H4O2/c1-4-16(3)29-24(30)22(33-25(29)32)14-18-15-28(19-9-7-6-8-10-19)27-23(18)17-11-12-21(31-5-2)20(26)13-17;1-2(3)4/h6-16H,4-5H2,1-3H3;1H3,(H,3,4)/b22-14+;. The first-order valence-electron chi connectivity index (χ1n) is 11.7. The second-order valence-corrected chi connectivity index (χ2v) is 9.80. The van der Waals surface area contributed by atoms with Crippen LogP contribution in [0.15, 0.2) is 59.6 Å². The molecule has 2 heterocycles. The smallest absolute Gasteiger partial charge is 0.300 e. The van der Waals surface area contributed by atoms with Gasteiger partial charge in [-0.2, -0.15) is 5.10 Å². The number of thioether (sulfide) groups is 1. The summed E-state index contributed by atoms with van der Waals surface area (Å²) in [5.74, 6) is -1.21. The maximum absolute atomic E-state index is 14.6. The lowest BCUT2D eigenvalue weighted by Gasteiger charge is -2.21. The third-order valence-electron chi connectivity index (χ3n) is 5.41. The summed E-state index contributed by atoms with van der Waals surface area (Å²) in [4.78, 5) is 24.2. The lowest BCUT2D eigenvalue weighted by atomic mass is 10.1. The van der Waals surface area contributed by atoms with Crippen LogP contribution in [0.1, 0.15) is 39.7 Å². The van der Waals surface area contributed by atoms with Gasteiger partial charge in [0.1, 0.15) is 10.0 Å². The van der Waals surface area contributed by atoms with E-state index in [4.69, 9.17) is 32.0 Å². The van der Waals surface area contributed by atoms with E-state index < -0.39 is 11.8 Å². The van der Waals surface area contributed by atoms with Crippen molar-refractivity contribution in [1.29, 1.82) is 0 Å². The Bertz CT molecular complexity index is 1320. The van der Waals surface area contributed by atoms with Crippen LogP contribution in [0.4, 0.5) is 4.39 Å². The molecule has 1 aromatic heterocycles. The van der Waals surface area contributed by atoms with Crippen LogP contribution < -0.4 is 4.74 Å². The fourth-order valence-corrected chi connectivity index (χ4v) is 4.99. The summed E-state index contributed by atoms with van der Waals surface area (Å²) >= 11 is 6.74. The van der Waals surface area contributed by atoms with Gasteiger partial charge in [-0.3, -0.25) is 14.5 Å². The van der Waals surface area contributed by atoms with Gasteiger partial charge in [-0.25, -0.2) is 9.07 Å². The zero-order valence-electron chi connectivity index (χ0n) is 21.0. The molecule has 1 amide bonds. The molecule has 1 atom stereocenters. The Morgan fingerprint density at radius 1 is 1.24 bits per heavy atom. The van der Waals surface area contributed by atoms with Crippen molar-refractivity contribution in [2.24, 2.45) is 0 Å². The fourth-order valence-electron chi connectivity index (χ4n) is 3.53. The van der Waals surface area contributed by atoms with Gasteiger partial charge >= 0.3 is 0 Å². The summed E-state index contributed by atoms with van der Waals surface area (Å²) < 4.78 is 22.2. The van der Waals surface area contributed by atoms with Crippen LogP contribution in [0.2, 0.25) is 0 Å². The third-order valence-corrected chi connectivity index (χ3v) is 6.74. The molecular formula is C27H28FN3O4S2. The van der Waals surface area contributed by atoms with E-state index >= 15 is 0 Å². The second-order valence-electron chi connectivity index (χ2n) is 8.12. The van der Waals surface area contributed by atoms with Crippen molar-refractivity contribution in [2.75, 3.05) is 6.61 Å². The van der Waals surface area contributed by atoms with Crippen LogP contribution in [0.25, 0.3) is 23.0 Å². The molecule has 1 fully saturated rings. The highest BCUT2D eigenvalue weighted by atomic mass is 32.2. The van der Waals surface area contributed by atoms with Gasteiger partial charge in [-0.1, -0.05) is 49.1 Å². The molecule has 0 bridgehead atoms. The third kappa shape index (κ3) is 6.84. The first-order chi connectivity index (χ1) is 17.7. The van der Waals surface area contributed by atoms with Gasteiger partial charge in [0.25, 0.3) is 11.9 Å². The largest absolute Gasteiger partial charge is 0.491 e. The van der Waals surface area contributed by atoms with Gasteiger partial charge < -0.3 is 9.84 Å². The Morgan fingerprint density at radius 3 is 2.51 bits per heavy atom. The molecule has 10 heteroatoms. The Kier molecular flexibility index (Phi) is 9.60. The summed E-state index contributed by atoms with van der Waals surface area (Å²) in [6, 6.07) is 14.4. The number of amides is 1. The molecule has 2 aromatic carbocycles.